The summed E-state index contributed by atoms with van der Waals surface area (Å²) in [5.41, 5.74) is 0.742. The van der Waals surface area contributed by atoms with Gasteiger partial charge in [0.15, 0.2) is 0 Å². The van der Waals surface area contributed by atoms with Crippen molar-refractivity contribution < 1.29 is 12.9 Å². The molecule has 1 heterocycles. The second-order valence-electron chi connectivity index (χ2n) is 3.07. The maximum absolute atomic E-state index is 11.2. The molecular formula is C8H15N3O3S. The lowest BCUT2D eigenvalue weighted by molar-refractivity contribution is 0.390. The lowest BCUT2D eigenvalue weighted by atomic mass is 10.3. The van der Waals surface area contributed by atoms with E-state index in [1.807, 2.05) is 0 Å². The fourth-order valence-electron chi connectivity index (χ4n) is 1.09. The van der Waals surface area contributed by atoms with Crippen molar-refractivity contribution in [2.75, 3.05) is 13.1 Å². The van der Waals surface area contributed by atoms with E-state index in [1.54, 1.807) is 19.9 Å². The summed E-state index contributed by atoms with van der Waals surface area (Å²) in [6, 6.07) is 1.78. The average molecular weight is 233 g/mol. The number of hydrogen-bond acceptors (Lipinski definition) is 4. The van der Waals surface area contributed by atoms with Gasteiger partial charge in [0.2, 0.25) is 0 Å². The Morgan fingerprint density at radius 3 is 2.73 bits per heavy atom. The van der Waals surface area contributed by atoms with Crippen molar-refractivity contribution in [3.05, 3.63) is 17.5 Å². The van der Waals surface area contributed by atoms with Crippen LogP contribution in [-0.4, -0.2) is 26.7 Å². The standard InChI is InChI=1S/C8H15N3O3S/c1-3-9-15(12,13)10-5-4-8-6-7(2)14-11-8/h6,9-10H,3-5H2,1-2H3. The summed E-state index contributed by atoms with van der Waals surface area (Å²) in [5, 5.41) is 3.75. The van der Waals surface area contributed by atoms with Crippen LogP contribution in [0.3, 0.4) is 0 Å². The van der Waals surface area contributed by atoms with Crippen LogP contribution < -0.4 is 9.44 Å². The van der Waals surface area contributed by atoms with Gasteiger partial charge in [-0.2, -0.15) is 8.42 Å². The number of nitrogens with one attached hydrogen (secondary N) is 2. The molecule has 0 amide bonds. The molecule has 0 radical (unpaired) electrons. The Kier molecular flexibility index (Phi) is 4.25. The summed E-state index contributed by atoms with van der Waals surface area (Å²) in [5.74, 6) is 0.722. The molecule has 1 aromatic rings. The van der Waals surface area contributed by atoms with Crippen LogP contribution in [0.15, 0.2) is 10.6 Å². The molecule has 0 aromatic carbocycles. The zero-order chi connectivity index (χ0) is 11.3. The van der Waals surface area contributed by atoms with Crippen molar-refractivity contribution in [2.24, 2.45) is 0 Å². The van der Waals surface area contributed by atoms with Gasteiger partial charge in [-0.3, -0.25) is 0 Å². The van der Waals surface area contributed by atoms with E-state index >= 15 is 0 Å². The molecule has 15 heavy (non-hydrogen) atoms. The van der Waals surface area contributed by atoms with Gasteiger partial charge in [0.25, 0.3) is 10.2 Å². The normalized spacial score (nSPS) is 11.9. The molecule has 0 bridgehead atoms. The molecule has 1 rings (SSSR count). The summed E-state index contributed by atoms with van der Waals surface area (Å²) < 4.78 is 31.9. The van der Waals surface area contributed by atoms with Crippen LogP contribution in [0.4, 0.5) is 0 Å². The predicted molar refractivity (Wildman–Crippen MR) is 55.5 cm³/mol. The monoisotopic (exact) mass is 233 g/mol. The molecule has 0 saturated heterocycles. The van der Waals surface area contributed by atoms with E-state index in [4.69, 9.17) is 4.52 Å². The van der Waals surface area contributed by atoms with Crippen molar-refractivity contribution >= 4 is 10.2 Å². The topological polar surface area (TPSA) is 84.2 Å². The van der Waals surface area contributed by atoms with Crippen LogP contribution in [0.25, 0.3) is 0 Å². The van der Waals surface area contributed by atoms with E-state index in [0.29, 0.717) is 19.5 Å². The fourth-order valence-corrected chi connectivity index (χ4v) is 1.94. The first-order valence-electron chi connectivity index (χ1n) is 4.70. The molecular weight excluding hydrogens is 218 g/mol. The Balaban J connectivity index is 2.33. The SMILES string of the molecule is CCNS(=O)(=O)NCCc1cc(C)on1. The van der Waals surface area contributed by atoms with Crippen LogP contribution >= 0.6 is 0 Å². The van der Waals surface area contributed by atoms with Crippen molar-refractivity contribution in [2.45, 2.75) is 20.3 Å². The largest absolute Gasteiger partial charge is 0.361 e. The smallest absolute Gasteiger partial charge is 0.276 e. The summed E-state index contributed by atoms with van der Waals surface area (Å²) in [7, 11) is -3.35. The molecule has 86 valence electrons. The second kappa shape index (κ2) is 5.24. The van der Waals surface area contributed by atoms with E-state index in [2.05, 4.69) is 14.6 Å². The van der Waals surface area contributed by atoms with Crippen molar-refractivity contribution in [3.63, 3.8) is 0 Å². The molecule has 1 aromatic heterocycles. The number of hydrogen-bond donors (Lipinski definition) is 2. The number of rotatable bonds is 6. The minimum Gasteiger partial charge on any atom is -0.361 e. The zero-order valence-electron chi connectivity index (χ0n) is 8.78. The van der Waals surface area contributed by atoms with Gasteiger partial charge in [0.05, 0.1) is 5.69 Å². The quantitative estimate of drug-likeness (QED) is 0.722. The van der Waals surface area contributed by atoms with Crippen molar-refractivity contribution in [1.29, 1.82) is 0 Å². The molecule has 6 nitrogen and oxygen atoms in total. The lowest BCUT2D eigenvalue weighted by Crippen LogP contribution is -2.37. The molecule has 0 aliphatic rings. The Morgan fingerprint density at radius 1 is 1.47 bits per heavy atom. The number of aryl methyl sites for hydroxylation is 1. The molecule has 2 N–H and O–H groups in total. The van der Waals surface area contributed by atoms with E-state index in [0.717, 1.165) is 11.5 Å². The third-order valence-corrected chi connectivity index (χ3v) is 2.94. The predicted octanol–water partition coefficient (Wildman–Crippen LogP) is -0.0306. The molecule has 0 aliphatic carbocycles. The van der Waals surface area contributed by atoms with Crippen LogP contribution in [0.2, 0.25) is 0 Å². The van der Waals surface area contributed by atoms with E-state index in [9.17, 15) is 8.42 Å². The highest BCUT2D eigenvalue weighted by Crippen LogP contribution is 2.01. The highest BCUT2D eigenvalue weighted by Gasteiger charge is 2.07. The Hall–Kier alpha value is -0.920. The number of nitrogens with zero attached hydrogens (tertiary/aromatic N) is 1. The summed E-state index contributed by atoms with van der Waals surface area (Å²) in [6.07, 6.45) is 0.516. The molecule has 0 fully saturated rings. The highest BCUT2D eigenvalue weighted by molar-refractivity contribution is 7.87. The Bertz CT molecular complexity index is 399. The third kappa shape index (κ3) is 4.41. The van der Waals surface area contributed by atoms with E-state index in [1.165, 1.54) is 0 Å². The summed E-state index contributed by atoms with van der Waals surface area (Å²) in [6.45, 7) is 4.19. The average Bonchev–Trinajstić information content (AvgIpc) is 2.51. The maximum atomic E-state index is 11.2. The minimum atomic E-state index is -3.35. The minimum absolute atomic E-state index is 0.307. The first-order chi connectivity index (χ1) is 7.03. The van der Waals surface area contributed by atoms with Crippen LogP contribution in [0.5, 0.6) is 0 Å². The van der Waals surface area contributed by atoms with Gasteiger partial charge in [-0.25, -0.2) is 9.44 Å². The first kappa shape index (κ1) is 12.2. The highest BCUT2D eigenvalue weighted by atomic mass is 32.2. The van der Waals surface area contributed by atoms with E-state index in [-0.39, 0.29) is 0 Å². The lowest BCUT2D eigenvalue weighted by Gasteiger charge is -2.04. The van der Waals surface area contributed by atoms with Gasteiger partial charge >= 0.3 is 0 Å². The summed E-state index contributed by atoms with van der Waals surface area (Å²) >= 11 is 0. The third-order valence-electron chi connectivity index (χ3n) is 1.68. The van der Waals surface area contributed by atoms with Gasteiger partial charge in [0, 0.05) is 25.6 Å². The van der Waals surface area contributed by atoms with Crippen molar-refractivity contribution in [1.82, 2.24) is 14.6 Å². The van der Waals surface area contributed by atoms with Gasteiger partial charge in [-0.15, -0.1) is 0 Å². The second-order valence-corrected chi connectivity index (χ2v) is 4.66. The van der Waals surface area contributed by atoms with Gasteiger partial charge in [0.1, 0.15) is 5.76 Å². The van der Waals surface area contributed by atoms with Crippen molar-refractivity contribution in [3.8, 4) is 0 Å². The van der Waals surface area contributed by atoms with Crippen LogP contribution in [0, 0.1) is 6.92 Å². The molecule has 0 saturated carbocycles. The molecule has 0 unspecified atom stereocenters. The summed E-state index contributed by atoms with van der Waals surface area (Å²) in [4.78, 5) is 0. The van der Waals surface area contributed by atoms with Crippen LogP contribution in [-0.2, 0) is 16.6 Å². The van der Waals surface area contributed by atoms with Gasteiger partial charge in [-0.05, 0) is 6.92 Å². The Labute approximate surface area is 89.2 Å². The first-order valence-corrected chi connectivity index (χ1v) is 6.18. The van der Waals surface area contributed by atoms with E-state index < -0.39 is 10.2 Å². The zero-order valence-corrected chi connectivity index (χ0v) is 9.60. The number of aromatic nitrogens is 1. The maximum Gasteiger partial charge on any atom is 0.276 e. The molecule has 0 atom stereocenters. The Morgan fingerprint density at radius 2 is 2.20 bits per heavy atom. The molecule has 0 aliphatic heterocycles. The fraction of sp³-hybridized carbons (Fsp3) is 0.625. The van der Waals surface area contributed by atoms with Crippen LogP contribution in [0.1, 0.15) is 18.4 Å². The molecule has 0 spiro atoms. The molecule has 7 heteroatoms. The van der Waals surface area contributed by atoms with Gasteiger partial charge < -0.3 is 4.52 Å². The van der Waals surface area contributed by atoms with Gasteiger partial charge in [-0.1, -0.05) is 12.1 Å².